The van der Waals surface area contributed by atoms with Gasteiger partial charge >= 0.3 is 0 Å². The standard InChI is InChI=1S/C16H19N3/c1-2-18-16(17)19-15-11-7-6-10-14(15)12-13-8-4-3-5-9-13/h3-11H,2,12H2,1H3,(H3,17,18,19). The van der Waals surface area contributed by atoms with Crippen molar-refractivity contribution in [3.63, 3.8) is 0 Å². The molecule has 0 amide bonds. The fraction of sp³-hybridized carbons (Fsp3) is 0.188. The van der Waals surface area contributed by atoms with Crippen LogP contribution in [-0.4, -0.2) is 12.5 Å². The second-order valence-electron chi connectivity index (χ2n) is 4.30. The van der Waals surface area contributed by atoms with Crippen molar-refractivity contribution < 1.29 is 0 Å². The molecule has 0 fully saturated rings. The van der Waals surface area contributed by atoms with Crippen LogP contribution in [0.25, 0.3) is 0 Å². The number of benzene rings is 2. The number of hydrogen-bond acceptors (Lipinski definition) is 1. The summed E-state index contributed by atoms with van der Waals surface area (Å²) in [6.07, 6.45) is 0.878. The number of rotatable bonds is 4. The molecule has 3 N–H and O–H groups in total. The third kappa shape index (κ3) is 3.85. The normalized spacial score (nSPS) is 11.3. The van der Waals surface area contributed by atoms with Gasteiger partial charge < -0.3 is 11.1 Å². The second-order valence-corrected chi connectivity index (χ2v) is 4.30. The van der Waals surface area contributed by atoms with E-state index in [9.17, 15) is 0 Å². The van der Waals surface area contributed by atoms with Crippen LogP contribution in [0.2, 0.25) is 0 Å². The Bertz CT molecular complexity index is 547. The average molecular weight is 253 g/mol. The SMILES string of the molecule is CCN=C(N)Nc1ccccc1Cc1ccccc1. The van der Waals surface area contributed by atoms with Gasteiger partial charge in [-0.05, 0) is 30.5 Å². The summed E-state index contributed by atoms with van der Waals surface area (Å²) >= 11 is 0. The number of aliphatic imine (C=N–C) groups is 1. The molecule has 0 radical (unpaired) electrons. The highest BCUT2D eigenvalue weighted by atomic mass is 15.1. The van der Waals surface area contributed by atoms with Crippen LogP contribution >= 0.6 is 0 Å². The Morgan fingerprint density at radius 3 is 2.47 bits per heavy atom. The number of nitrogens with zero attached hydrogens (tertiary/aromatic N) is 1. The molecule has 0 saturated carbocycles. The number of nitrogens with two attached hydrogens (primary N) is 1. The molecule has 3 heteroatoms. The van der Waals surface area contributed by atoms with Gasteiger partial charge in [-0.1, -0.05) is 48.5 Å². The minimum absolute atomic E-state index is 0.461. The predicted octanol–water partition coefficient (Wildman–Crippen LogP) is 3.02. The Morgan fingerprint density at radius 1 is 1.05 bits per heavy atom. The minimum atomic E-state index is 0.461. The molecule has 2 aromatic rings. The molecule has 19 heavy (non-hydrogen) atoms. The monoisotopic (exact) mass is 253 g/mol. The van der Waals surface area contributed by atoms with E-state index in [-0.39, 0.29) is 0 Å². The summed E-state index contributed by atoms with van der Waals surface area (Å²) < 4.78 is 0. The van der Waals surface area contributed by atoms with Crippen LogP contribution in [0.4, 0.5) is 5.69 Å². The van der Waals surface area contributed by atoms with Crippen LogP contribution in [0.3, 0.4) is 0 Å². The highest BCUT2D eigenvalue weighted by molar-refractivity contribution is 5.93. The van der Waals surface area contributed by atoms with Gasteiger partial charge in [0, 0.05) is 12.2 Å². The number of guanidine groups is 1. The van der Waals surface area contributed by atoms with E-state index in [1.807, 2.05) is 31.2 Å². The Labute approximate surface area is 114 Å². The lowest BCUT2D eigenvalue weighted by Crippen LogP contribution is -2.23. The number of hydrogen-bond donors (Lipinski definition) is 2. The lowest BCUT2D eigenvalue weighted by molar-refractivity contribution is 1.12. The predicted molar refractivity (Wildman–Crippen MR) is 81.5 cm³/mol. The topological polar surface area (TPSA) is 50.4 Å². The lowest BCUT2D eigenvalue weighted by Gasteiger charge is -2.11. The number of para-hydroxylation sites is 1. The van der Waals surface area contributed by atoms with Crippen molar-refractivity contribution in [1.82, 2.24) is 0 Å². The molecule has 0 saturated heterocycles. The summed E-state index contributed by atoms with van der Waals surface area (Å²) in [6, 6.07) is 18.5. The first-order valence-electron chi connectivity index (χ1n) is 6.48. The molecule has 3 nitrogen and oxygen atoms in total. The molecule has 0 aliphatic carbocycles. The van der Waals surface area contributed by atoms with Crippen molar-refractivity contribution >= 4 is 11.6 Å². The van der Waals surface area contributed by atoms with Crippen molar-refractivity contribution in [1.29, 1.82) is 0 Å². The third-order valence-corrected chi connectivity index (χ3v) is 2.85. The van der Waals surface area contributed by atoms with Gasteiger partial charge in [0.05, 0.1) is 0 Å². The Balaban J connectivity index is 2.19. The van der Waals surface area contributed by atoms with Crippen LogP contribution < -0.4 is 11.1 Å². The quantitative estimate of drug-likeness (QED) is 0.650. The summed E-state index contributed by atoms with van der Waals surface area (Å²) in [6.45, 7) is 2.64. The summed E-state index contributed by atoms with van der Waals surface area (Å²) in [5, 5.41) is 3.16. The van der Waals surface area contributed by atoms with E-state index in [0.717, 1.165) is 12.1 Å². The Hall–Kier alpha value is -2.29. The smallest absolute Gasteiger partial charge is 0.193 e. The van der Waals surface area contributed by atoms with Gasteiger partial charge in [-0.15, -0.1) is 0 Å². The first kappa shape index (κ1) is 13.1. The second kappa shape index (κ2) is 6.59. The molecule has 98 valence electrons. The maximum absolute atomic E-state index is 5.82. The first-order chi connectivity index (χ1) is 9.29. The van der Waals surface area contributed by atoms with E-state index >= 15 is 0 Å². The Morgan fingerprint density at radius 2 is 1.74 bits per heavy atom. The van der Waals surface area contributed by atoms with Gasteiger partial charge in [-0.25, -0.2) is 0 Å². The molecule has 0 aromatic heterocycles. The van der Waals surface area contributed by atoms with Crippen LogP contribution in [0.1, 0.15) is 18.1 Å². The van der Waals surface area contributed by atoms with Crippen molar-refractivity contribution in [3.8, 4) is 0 Å². The van der Waals surface area contributed by atoms with Gasteiger partial charge in [-0.2, -0.15) is 0 Å². The van der Waals surface area contributed by atoms with E-state index in [4.69, 9.17) is 5.73 Å². The molecule has 2 rings (SSSR count). The molecular formula is C16H19N3. The van der Waals surface area contributed by atoms with E-state index < -0.39 is 0 Å². The van der Waals surface area contributed by atoms with Crippen molar-refractivity contribution in [2.45, 2.75) is 13.3 Å². The molecule has 0 bridgehead atoms. The zero-order chi connectivity index (χ0) is 13.5. The van der Waals surface area contributed by atoms with E-state index in [0.29, 0.717) is 12.5 Å². The van der Waals surface area contributed by atoms with Crippen LogP contribution in [0.5, 0.6) is 0 Å². The van der Waals surface area contributed by atoms with Gasteiger partial charge in [0.2, 0.25) is 0 Å². The van der Waals surface area contributed by atoms with Crippen molar-refractivity contribution in [2.75, 3.05) is 11.9 Å². The third-order valence-electron chi connectivity index (χ3n) is 2.85. The van der Waals surface area contributed by atoms with Gasteiger partial charge in [-0.3, -0.25) is 4.99 Å². The largest absolute Gasteiger partial charge is 0.370 e. The van der Waals surface area contributed by atoms with Gasteiger partial charge in [0.15, 0.2) is 5.96 Å². The van der Waals surface area contributed by atoms with E-state index in [1.165, 1.54) is 11.1 Å². The summed E-state index contributed by atoms with van der Waals surface area (Å²) in [5.41, 5.74) is 9.32. The van der Waals surface area contributed by atoms with Crippen LogP contribution in [0, 0.1) is 0 Å². The molecule has 0 aliphatic rings. The minimum Gasteiger partial charge on any atom is -0.370 e. The summed E-state index contributed by atoms with van der Waals surface area (Å²) in [7, 11) is 0. The first-order valence-corrected chi connectivity index (χ1v) is 6.48. The fourth-order valence-electron chi connectivity index (χ4n) is 1.96. The van der Waals surface area contributed by atoms with E-state index in [1.54, 1.807) is 0 Å². The van der Waals surface area contributed by atoms with Crippen LogP contribution in [-0.2, 0) is 6.42 Å². The molecule has 0 heterocycles. The Kier molecular flexibility index (Phi) is 4.56. The van der Waals surface area contributed by atoms with Crippen LogP contribution in [0.15, 0.2) is 59.6 Å². The maximum Gasteiger partial charge on any atom is 0.193 e. The molecule has 0 atom stereocenters. The van der Waals surface area contributed by atoms with Crippen molar-refractivity contribution in [3.05, 3.63) is 65.7 Å². The zero-order valence-corrected chi connectivity index (χ0v) is 11.1. The van der Waals surface area contributed by atoms with Gasteiger partial charge in [0.25, 0.3) is 0 Å². The number of anilines is 1. The number of nitrogens with one attached hydrogen (secondary N) is 1. The highest BCUT2D eigenvalue weighted by Gasteiger charge is 2.03. The van der Waals surface area contributed by atoms with Crippen molar-refractivity contribution in [2.24, 2.45) is 10.7 Å². The fourth-order valence-corrected chi connectivity index (χ4v) is 1.96. The average Bonchev–Trinajstić information content (AvgIpc) is 2.42. The summed E-state index contributed by atoms with van der Waals surface area (Å²) in [4.78, 5) is 4.15. The van der Waals surface area contributed by atoms with E-state index in [2.05, 4.69) is 40.6 Å². The zero-order valence-electron chi connectivity index (χ0n) is 11.1. The maximum atomic E-state index is 5.82. The highest BCUT2D eigenvalue weighted by Crippen LogP contribution is 2.18. The molecule has 2 aromatic carbocycles. The molecule has 0 spiro atoms. The molecule has 0 aliphatic heterocycles. The lowest BCUT2D eigenvalue weighted by atomic mass is 10.0. The molecule has 0 unspecified atom stereocenters. The molecular weight excluding hydrogens is 234 g/mol. The van der Waals surface area contributed by atoms with Gasteiger partial charge in [0.1, 0.15) is 0 Å². The summed E-state index contributed by atoms with van der Waals surface area (Å²) in [5.74, 6) is 0.461.